The molecule has 6 nitrogen and oxygen atoms in total. The summed E-state index contributed by atoms with van der Waals surface area (Å²) in [4.78, 5) is 23.6. The third-order valence-electron chi connectivity index (χ3n) is 3.27. The summed E-state index contributed by atoms with van der Waals surface area (Å²) in [6.45, 7) is 3.71. The summed E-state index contributed by atoms with van der Waals surface area (Å²) in [5, 5.41) is 16.1. The normalized spacial score (nSPS) is 10.4. The quantitative estimate of drug-likeness (QED) is 0.903. The molecule has 0 spiro atoms. The van der Waals surface area contributed by atoms with Crippen LogP contribution in [0, 0.1) is 6.92 Å². The summed E-state index contributed by atoms with van der Waals surface area (Å²) in [6.07, 6.45) is 0.728. The lowest BCUT2D eigenvalue weighted by atomic mass is 10.1. The Morgan fingerprint density at radius 2 is 2.10 bits per heavy atom. The lowest BCUT2D eigenvalue weighted by Gasteiger charge is -2.11. The Balaban J connectivity index is 2.35. The van der Waals surface area contributed by atoms with Crippen molar-refractivity contribution in [3.63, 3.8) is 0 Å². The fraction of sp³-hybridized carbons (Fsp3) is 0.267. The van der Waals surface area contributed by atoms with Gasteiger partial charge in [0.2, 0.25) is 0 Å². The minimum absolute atomic E-state index is 0.0706. The number of carbonyl (C=O) groups is 2. The van der Waals surface area contributed by atoms with Crippen LogP contribution in [0.5, 0.6) is 0 Å². The van der Waals surface area contributed by atoms with Gasteiger partial charge in [0, 0.05) is 7.05 Å². The van der Waals surface area contributed by atoms with E-state index in [2.05, 4.69) is 10.4 Å². The Kier molecular flexibility index (Phi) is 4.07. The van der Waals surface area contributed by atoms with E-state index >= 15 is 0 Å². The van der Waals surface area contributed by atoms with Gasteiger partial charge in [-0.25, -0.2) is 4.79 Å². The lowest BCUT2D eigenvalue weighted by molar-refractivity contribution is 0.0698. The molecule has 0 aliphatic carbocycles. The third kappa shape index (κ3) is 2.94. The molecule has 0 saturated carbocycles. The molecule has 1 aromatic carbocycles. The highest BCUT2D eigenvalue weighted by Gasteiger charge is 2.18. The van der Waals surface area contributed by atoms with Crippen LogP contribution in [-0.4, -0.2) is 26.8 Å². The summed E-state index contributed by atoms with van der Waals surface area (Å²) in [7, 11) is 1.68. The number of aromatic nitrogens is 2. The van der Waals surface area contributed by atoms with Crippen LogP contribution in [0.1, 0.15) is 39.0 Å². The first kappa shape index (κ1) is 14.8. The zero-order valence-corrected chi connectivity index (χ0v) is 12.2. The maximum atomic E-state index is 12.3. The zero-order valence-electron chi connectivity index (χ0n) is 12.2. The fourth-order valence-corrected chi connectivity index (χ4v) is 2.10. The molecule has 1 amide bonds. The summed E-state index contributed by atoms with van der Waals surface area (Å²) in [5.41, 5.74) is 2.29. The number of carboxylic acids is 1. The van der Waals surface area contributed by atoms with Crippen molar-refractivity contribution in [2.45, 2.75) is 20.3 Å². The number of benzene rings is 1. The van der Waals surface area contributed by atoms with E-state index in [1.54, 1.807) is 32.2 Å². The first-order chi connectivity index (χ1) is 9.93. The van der Waals surface area contributed by atoms with Gasteiger partial charge in [-0.1, -0.05) is 19.1 Å². The number of nitrogens with one attached hydrogen (secondary N) is 1. The van der Waals surface area contributed by atoms with Crippen LogP contribution >= 0.6 is 0 Å². The van der Waals surface area contributed by atoms with E-state index < -0.39 is 5.97 Å². The van der Waals surface area contributed by atoms with Crippen molar-refractivity contribution < 1.29 is 14.7 Å². The molecule has 0 atom stereocenters. The standard InChI is InChI=1S/C15H17N3O3/c1-4-10-8-12(18(3)17-10)14(19)16-13-9(2)6-5-7-11(13)15(20)21/h5-8H,4H2,1-3H3,(H,16,19)(H,20,21). The molecule has 1 aromatic heterocycles. The molecule has 2 aromatic rings. The zero-order chi connectivity index (χ0) is 15.6. The molecule has 0 radical (unpaired) electrons. The number of amides is 1. The number of para-hydroxylation sites is 1. The average molecular weight is 287 g/mol. The minimum atomic E-state index is -1.08. The highest BCUT2D eigenvalue weighted by molar-refractivity contribution is 6.07. The number of aromatic carboxylic acids is 1. The van der Waals surface area contributed by atoms with Crippen LogP contribution in [0.25, 0.3) is 0 Å². The van der Waals surface area contributed by atoms with Gasteiger partial charge < -0.3 is 10.4 Å². The lowest BCUT2D eigenvalue weighted by Crippen LogP contribution is -2.18. The van der Waals surface area contributed by atoms with E-state index in [4.69, 9.17) is 0 Å². The average Bonchev–Trinajstić information content (AvgIpc) is 2.82. The second kappa shape index (κ2) is 5.78. The van der Waals surface area contributed by atoms with E-state index in [1.165, 1.54) is 10.7 Å². The van der Waals surface area contributed by atoms with Gasteiger partial charge in [-0.3, -0.25) is 9.48 Å². The smallest absolute Gasteiger partial charge is 0.337 e. The molecule has 21 heavy (non-hydrogen) atoms. The molecule has 0 fully saturated rings. The minimum Gasteiger partial charge on any atom is -0.478 e. The van der Waals surface area contributed by atoms with Gasteiger partial charge in [-0.05, 0) is 31.0 Å². The van der Waals surface area contributed by atoms with Crippen molar-refractivity contribution in [1.29, 1.82) is 0 Å². The van der Waals surface area contributed by atoms with Gasteiger partial charge >= 0.3 is 5.97 Å². The van der Waals surface area contributed by atoms with Crippen LogP contribution in [0.3, 0.4) is 0 Å². The van der Waals surface area contributed by atoms with Gasteiger partial charge in [-0.15, -0.1) is 0 Å². The largest absolute Gasteiger partial charge is 0.478 e. The second-order valence-corrected chi connectivity index (χ2v) is 4.75. The predicted octanol–water partition coefficient (Wildman–Crippen LogP) is 2.24. The SMILES string of the molecule is CCc1cc(C(=O)Nc2c(C)cccc2C(=O)O)n(C)n1. The summed E-state index contributed by atoms with van der Waals surface area (Å²) in [6, 6.07) is 6.57. The van der Waals surface area contributed by atoms with Crippen LogP contribution in [0.4, 0.5) is 5.69 Å². The number of rotatable bonds is 4. The molecule has 0 aliphatic rings. The van der Waals surface area contributed by atoms with Crippen molar-refractivity contribution in [2.24, 2.45) is 7.05 Å². The molecule has 1 heterocycles. The molecule has 0 saturated heterocycles. The first-order valence-electron chi connectivity index (χ1n) is 6.61. The monoisotopic (exact) mass is 287 g/mol. The molecule has 6 heteroatoms. The van der Waals surface area contributed by atoms with E-state index in [9.17, 15) is 14.7 Å². The molecule has 110 valence electrons. The molecule has 2 rings (SSSR count). The maximum absolute atomic E-state index is 12.3. The number of anilines is 1. The van der Waals surface area contributed by atoms with E-state index in [0.717, 1.165) is 12.1 Å². The van der Waals surface area contributed by atoms with Gasteiger partial charge in [-0.2, -0.15) is 5.10 Å². The molecule has 0 aliphatic heterocycles. The number of carboxylic acid groups (broad SMARTS) is 1. The van der Waals surface area contributed by atoms with Gasteiger partial charge in [0.05, 0.1) is 16.9 Å². The fourth-order valence-electron chi connectivity index (χ4n) is 2.10. The topological polar surface area (TPSA) is 84.2 Å². The summed E-state index contributed by atoms with van der Waals surface area (Å²) in [5.74, 6) is -1.45. The Bertz CT molecular complexity index is 704. The molecular formula is C15H17N3O3. The number of hydrogen-bond donors (Lipinski definition) is 2. The second-order valence-electron chi connectivity index (χ2n) is 4.75. The number of carbonyl (C=O) groups excluding carboxylic acids is 1. The molecule has 0 bridgehead atoms. The van der Waals surface area contributed by atoms with Crippen molar-refractivity contribution in [3.05, 3.63) is 46.8 Å². The Morgan fingerprint density at radius 3 is 2.67 bits per heavy atom. The Hall–Kier alpha value is -2.63. The summed E-state index contributed by atoms with van der Waals surface area (Å²) < 4.78 is 1.49. The van der Waals surface area contributed by atoms with E-state index in [1.807, 2.05) is 6.92 Å². The van der Waals surface area contributed by atoms with Crippen LogP contribution in [0.15, 0.2) is 24.3 Å². The highest BCUT2D eigenvalue weighted by atomic mass is 16.4. The van der Waals surface area contributed by atoms with E-state index in [-0.39, 0.29) is 11.5 Å². The highest BCUT2D eigenvalue weighted by Crippen LogP contribution is 2.21. The number of aryl methyl sites for hydroxylation is 3. The van der Waals surface area contributed by atoms with Crippen LogP contribution < -0.4 is 5.32 Å². The number of nitrogens with zero attached hydrogens (tertiary/aromatic N) is 2. The van der Waals surface area contributed by atoms with Gasteiger partial charge in [0.15, 0.2) is 0 Å². The summed E-state index contributed by atoms with van der Waals surface area (Å²) >= 11 is 0. The van der Waals surface area contributed by atoms with Crippen molar-refractivity contribution >= 4 is 17.6 Å². The van der Waals surface area contributed by atoms with Gasteiger partial charge in [0.1, 0.15) is 5.69 Å². The van der Waals surface area contributed by atoms with Crippen molar-refractivity contribution in [2.75, 3.05) is 5.32 Å². The molecule has 0 unspecified atom stereocenters. The van der Waals surface area contributed by atoms with Crippen LogP contribution in [0.2, 0.25) is 0 Å². The molecular weight excluding hydrogens is 270 g/mol. The Labute approximate surface area is 122 Å². The third-order valence-corrected chi connectivity index (χ3v) is 3.27. The van der Waals surface area contributed by atoms with Crippen LogP contribution in [-0.2, 0) is 13.5 Å². The Morgan fingerprint density at radius 1 is 1.38 bits per heavy atom. The van der Waals surface area contributed by atoms with Crippen molar-refractivity contribution in [1.82, 2.24) is 9.78 Å². The predicted molar refractivity (Wildman–Crippen MR) is 78.7 cm³/mol. The first-order valence-corrected chi connectivity index (χ1v) is 6.61. The number of hydrogen-bond acceptors (Lipinski definition) is 3. The maximum Gasteiger partial charge on any atom is 0.337 e. The van der Waals surface area contributed by atoms with E-state index in [0.29, 0.717) is 16.9 Å². The molecule has 2 N–H and O–H groups in total. The van der Waals surface area contributed by atoms with Crippen molar-refractivity contribution in [3.8, 4) is 0 Å². The van der Waals surface area contributed by atoms with Gasteiger partial charge in [0.25, 0.3) is 5.91 Å².